The van der Waals surface area contributed by atoms with Crippen LogP contribution in [0.25, 0.3) is 0 Å². The molecule has 5 aromatic carbocycles. The van der Waals surface area contributed by atoms with Gasteiger partial charge in [0.25, 0.3) is 0 Å². The van der Waals surface area contributed by atoms with Crippen molar-refractivity contribution >= 4 is 12.1 Å². The number of aryl methyl sites for hydroxylation is 3. The van der Waals surface area contributed by atoms with Crippen molar-refractivity contribution < 1.29 is 19.8 Å². The Morgan fingerprint density at radius 3 is 1.38 bits per heavy atom. The average molecular weight is 733 g/mol. The molecule has 0 aliphatic heterocycles. The van der Waals surface area contributed by atoms with Crippen molar-refractivity contribution in [3.63, 3.8) is 0 Å². The van der Waals surface area contributed by atoms with Gasteiger partial charge in [-0.25, -0.2) is 0 Å². The third-order valence-corrected chi connectivity index (χ3v) is 17.4. The summed E-state index contributed by atoms with van der Waals surface area (Å²) < 4.78 is 8.12. The Kier molecular flexibility index (Phi) is 13.3. The van der Waals surface area contributed by atoms with E-state index in [1.165, 1.54) is 5.30 Å². The summed E-state index contributed by atoms with van der Waals surface area (Å²) in [5.74, 6) is 1.68. The summed E-state index contributed by atoms with van der Waals surface area (Å²) >= 11 is 0. The number of hydrogen-bond donors (Lipinski definition) is 3. The van der Waals surface area contributed by atoms with Crippen LogP contribution in [0.15, 0.2) is 97.1 Å². The van der Waals surface area contributed by atoms with Crippen LogP contribution in [0.2, 0.25) is 0 Å². The van der Waals surface area contributed by atoms with Gasteiger partial charge in [0.1, 0.15) is 0 Å². The minimum atomic E-state index is -3.12. The number of hydrogen-bond acceptors (Lipinski definition) is 4. The normalized spacial score (nSPS) is 12.4. The molecule has 282 valence electrons. The van der Waals surface area contributed by atoms with Crippen LogP contribution in [0.5, 0.6) is 23.0 Å². The molecule has 53 heavy (non-hydrogen) atoms. The van der Waals surface area contributed by atoms with Gasteiger partial charge in [0.05, 0.1) is 0 Å². The summed E-state index contributed by atoms with van der Waals surface area (Å²) in [6.07, 6.45) is 11.1. The maximum atomic E-state index is 11.9. The maximum absolute atomic E-state index is 11.9. The van der Waals surface area contributed by atoms with Gasteiger partial charge in [0, 0.05) is 0 Å². The quantitative estimate of drug-likeness (QED) is 0.0785. The van der Waals surface area contributed by atoms with Crippen molar-refractivity contribution in [1.82, 2.24) is 0 Å². The van der Waals surface area contributed by atoms with Crippen LogP contribution in [-0.4, -0.2) is 33.8 Å². The van der Waals surface area contributed by atoms with Gasteiger partial charge >= 0.3 is 320 Å². The summed E-state index contributed by atoms with van der Waals surface area (Å²) in [5, 5.41) is 35.0. The van der Waals surface area contributed by atoms with Crippen LogP contribution in [-0.2, 0) is 19.3 Å². The molecule has 0 heterocycles. The number of unbranched alkanes of at least 4 members (excludes halogenated alkanes) is 3. The standard InChI is InChI=1S/C48H61O4P/c1-7-10-25-53(26-11-8-2,27-12-9-3,44-19-14-13-15-20-44)52-48-38(32-40-28-35(4)21-23-45(40)49)17-16-18-39(48)33-42-30-37(6)31-43(47(42)51)34-41-29-36(5)22-24-46(41)50/h13-24,28-31,49-51H,7-12,25-27,32-34H2,1-6H3. The molecule has 0 unspecified atom stereocenters. The summed E-state index contributed by atoms with van der Waals surface area (Å²) in [7, 11) is 0. The topological polar surface area (TPSA) is 69.9 Å². The fourth-order valence-corrected chi connectivity index (χ4v) is 14.7. The average Bonchev–Trinajstić information content (AvgIpc) is 3.15. The van der Waals surface area contributed by atoms with E-state index in [-0.39, 0.29) is 17.2 Å². The molecule has 0 saturated carbocycles. The Hall–Kier alpha value is -4.27. The van der Waals surface area contributed by atoms with E-state index in [1.807, 2.05) is 31.2 Å². The van der Waals surface area contributed by atoms with Crippen molar-refractivity contribution in [2.45, 2.75) is 99.3 Å². The van der Waals surface area contributed by atoms with Gasteiger partial charge in [-0.2, -0.15) is 0 Å². The first-order chi connectivity index (χ1) is 25.5. The second-order valence-corrected chi connectivity index (χ2v) is 20.7. The third kappa shape index (κ3) is 9.28. The van der Waals surface area contributed by atoms with E-state index in [0.29, 0.717) is 19.3 Å². The predicted molar refractivity (Wildman–Crippen MR) is 226 cm³/mol. The molecule has 0 bridgehead atoms. The molecule has 0 fully saturated rings. The second-order valence-electron chi connectivity index (χ2n) is 15.4. The molecule has 5 rings (SSSR count). The molecular weight excluding hydrogens is 671 g/mol. The van der Waals surface area contributed by atoms with Crippen LogP contribution in [0.4, 0.5) is 0 Å². The van der Waals surface area contributed by atoms with Crippen LogP contribution >= 0.6 is 6.83 Å². The van der Waals surface area contributed by atoms with Crippen molar-refractivity contribution in [3.8, 4) is 23.0 Å². The van der Waals surface area contributed by atoms with Gasteiger partial charge in [0.2, 0.25) is 0 Å². The van der Waals surface area contributed by atoms with E-state index in [0.717, 1.165) is 113 Å². The number of para-hydroxylation sites is 1. The molecule has 5 heteroatoms. The summed E-state index contributed by atoms with van der Waals surface area (Å²) in [5.41, 5.74) is 8.61. The molecule has 4 nitrogen and oxygen atoms in total. The second kappa shape index (κ2) is 17.7. The molecular formula is C48H61O4P. The Balaban J connectivity index is 1.73. The first kappa shape index (κ1) is 39.9. The zero-order valence-electron chi connectivity index (χ0n) is 32.9. The summed E-state index contributed by atoms with van der Waals surface area (Å²) in [6, 6.07) is 33.1. The first-order valence-corrected chi connectivity index (χ1v) is 22.5. The molecule has 0 aromatic heterocycles. The monoisotopic (exact) mass is 732 g/mol. The molecule has 0 atom stereocenters. The van der Waals surface area contributed by atoms with Gasteiger partial charge in [-0.05, 0) is 0 Å². The first-order valence-electron chi connectivity index (χ1n) is 19.8. The SMILES string of the molecule is CCCCP(CCCC)(CCCC)(Oc1c(Cc2cc(C)ccc2O)cccc1Cc1cc(C)cc(Cc2cc(C)ccc2O)c1O)c1ccccc1. The van der Waals surface area contributed by atoms with Crippen LogP contribution in [0, 0.1) is 20.8 Å². The molecule has 3 N–H and O–H groups in total. The Bertz CT molecular complexity index is 1960. The molecule has 5 aromatic rings. The Labute approximate surface area is 318 Å². The van der Waals surface area contributed by atoms with Gasteiger partial charge in [-0.15, -0.1) is 0 Å². The molecule has 0 radical (unpaired) electrons. The van der Waals surface area contributed by atoms with Crippen molar-refractivity contribution in [1.29, 1.82) is 0 Å². The fraction of sp³-hybridized carbons (Fsp3) is 0.375. The Morgan fingerprint density at radius 2 is 0.906 bits per heavy atom. The molecule has 0 aliphatic rings. The van der Waals surface area contributed by atoms with Gasteiger partial charge < -0.3 is 0 Å². The van der Waals surface area contributed by atoms with E-state index >= 15 is 0 Å². The Morgan fingerprint density at radius 1 is 0.472 bits per heavy atom. The third-order valence-electron chi connectivity index (χ3n) is 11.0. The number of phenols is 3. The molecule has 0 amide bonds. The van der Waals surface area contributed by atoms with E-state index in [4.69, 9.17) is 4.52 Å². The van der Waals surface area contributed by atoms with E-state index in [1.54, 1.807) is 12.1 Å². The van der Waals surface area contributed by atoms with Gasteiger partial charge in [-0.1, -0.05) is 0 Å². The van der Waals surface area contributed by atoms with Crippen molar-refractivity contribution in [3.05, 3.63) is 147 Å². The number of phenolic OH excluding ortho intramolecular Hbond substituents is 3. The van der Waals surface area contributed by atoms with Gasteiger partial charge in [-0.3, -0.25) is 0 Å². The molecule has 0 saturated heterocycles. The number of benzene rings is 5. The predicted octanol–water partition coefficient (Wildman–Crippen LogP) is 12.1. The van der Waals surface area contributed by atoms with E-state index in [2.05, 4.69) is 95.3 Å². The number of aromatic hydroxyl groups is 3. The fourth-order valence-electron chi connectivity index (χ4n) is 8.10. The van der Waals surface area contributed by atoms with Crippen molar-refractivity contribution in [2.75, 3.05) is 18.5 Å². The zero-order chi connectivity index (χ0) is 38.0. The van der Waals surface area contributed by atoms with Crippen LogP contribution in [0.1, 0.15) is 109 Å². The summed E-state index contributed by atoms with van der Waals surface area (Å²) in [6.45, 7) is 9.87. The van der Waals surface area contributed by atoms with E-state index < -0.39 is 6.83 Å². The molecule has 0 spiro atoms. The van der Waals surface area contributed by atoms with Crippen LogP contribution < -0.4 is 9.83 Å². The summed E-state index contributed by atoms with van der Waals surface area (Å²) in [4.78, 5) is 0. The minimum absolute atomic E-state index is 0.235. The molecule has 0 aliphatic carbocycles. The van der Waals surface area contributed by atoms with Crippen molar-refractivity contribution in [2.24, 2.45) is 0 Å². The van der Waals surface area contributed by atoms with Crippen LogP contribution in [0.3, 0.4) is 0 Å². The van der Waals surface area contributed by atoms with E-state index in [9.17, 15) is 15.3 Å². The zero-order valence-corrected chi connectivity index (χ0v) is 33.8. The number of rotatable bonds is 18. The van der Waals surface area contributed by atoms with Gasteiger partial charge in [0.15, 0.2) is 0 Å².